The highest BCUT2D eigenvalue weighted by Crippen LogP contribution is 2.73. The molecule has 3 aromatic rings. The van der Waals surface area contributed by atoms with Gasteiger partial charge in [0.2, 0.25) is 0 Å². The highest BCUT2D eigenvalue weighted by Gasteiger charge is 2.65. The molecule has 6 N–H and O–H groups in total. The molecule has 12 saturated carbocycles. The van der Waals surface area contributed by atoms with Crippen LogP contribution in [0.5, 0.6) is 0 Å². The average molecular weight is 1470 g/mol. The fourth-order valence-corrected chi connectivity index (χ4v) is 29.9. The fraction of sp³-hybridized carbons (Fsp3) is 0.840. The smallest absolute Gasteiger partial charge is 0.0959 e. The van der Waals surface area contributed by atoms with Gasteiger partial charge >= 0.3 is 0 Å². The normalized spacial score (nSPS) is 44.5. The van der Waals surface area contributed by atoms with E-state index in [-0.39, 0.29) is 12.1 Å². The second-order valence-corrected chi connectivity index (χ2v) is 40.9. The predicted molar refractivity (Wildman–Crippen MR) is 429 cm³/mol. The summed E-state index contributed by atoms with van der Waals surface area (Å²) in [5.74, 6) is 14.4. The Morgan fingerprint density at radius 2 is 0.619 bits per heavy atom. The van der Waals surface area contributed by atoms with E-state index in [1.165, 1.54) is 141 Å². The van der Waals surface area contributed by atoms with Crippen molar-refractivity contribution in [3.05, 3.63) is 90.3 Å². The number of pyridine rings is 3. The lowest BCUT2D eigenvalue weighted by Gasteiger charge is -2.62. The van der Waals surface area contributed by atoms with Crippen molar-refractivity contribution in [2.45, 2.75) is 349 Å². The second-order valence-electron chi connectivity index (χ2n) is 40.6. The van der Waals surface area contributed by atoms with E-state index in [0.29, 0.717) is 50.2 Å². The Kier molecular flexibility index (Phi) is 26.0. The number of halogens is 1. The molecule has 9 nitrogen and oxygen atoms in total. The van der Waals surface area contributed by atoms with Crippen LogP contribution >= 0.6 is 12.1 Å². The highest BCUT2D eigenvalue weighted by molar-refractivity contribution is 7.93. The van der Waals surface area contributed by atoms with Gasteiger partial charge in [0.25, 0.3) is 0 Å². The summed E-state index contributed by atoms with van der Waals surface area (Å²) >= 11 is 0.250. The number of aromatic nitrogens is 3. The summed E-state index contributed by atoms with van der Waals surface area (Å²) in [5.41, 5.74) is 4.02. The lowest BCUT2D eigenvalue weighted by Crippen LogP contribution is -2.56. The van der Waals surface area contributed by atoms with Gasteiger partial charge in [0.05, 0.1) is 52.2 Å². The van der Waals surface area contributed by atoms with Gasteiger partial charge in [-0.15, -0.1) is 0 Å². The summed E-state index contributed by atoms with van der Waals surface area (Å²) in [7, 11) is 0. The van der Waals surface area contributed by atoms with Crippen LogP contribution in [-0.4, -0.2) is 68.7 Å². The van der Waals surface area contributed by atoms with Gasteiger partial charge < -0.3 is 30.6 Å². The fourth-order valence-electron chi connectivity index (χ4n) is 29.9. The van der Waals surface area contributed by atoms with E-state index in [2.05, 4.69) is 98.0 Å². The molecule has 0 radical (unpaired) electrons. The molecule has 3 aromatic heterocycles. The number of hydrogen-bond donors (Lipinski definition) is 6. The van der Waals surface area contributed by atoms with E-state index < -0.39 is 35.1 Å². The molecule has 0 spiro atoms. The summed E-state index contributed by atoms with van der Waals surface area (Å²) in [4.78, 5) is 13.1. The molecule has 1 unspecified atom stereocenters. The molecule has 590 valence electrons. The number of aliphatic hydroxyl groups excluding tert-OH is 3. The van der Waals surface area contributed by atoms with Gasteiger partial charge in [-0.1, -0.05) is 101 Å². The summed E-state index contributed by atoms with van der Waals surface area (Å²) in [6.07, 6.45) is 48.7. The Bertz CT molecular complexity index is 2900. The maximum Gasteiger partial charge on any atom is 0.0959 e. The van der Waals surface area contributed by atoms with Gasteiger partial charge in [0.1, 0.15) is 0 Å². The van der Waals surface area contributed by atoms with Crippen molar-refractivity contribution in [1.82, 2.24) is 15.0 Å². The number of rotatable bonds is 18. The molecule has 0 saturated heterocycles. The topological polar surface area (TPSA) is 160 Å². The van der Waals surface area contributed by atoms with Crippen LogP contribution in [0.4, 0.5) is 3.89 Å². The van der Waals surface area contributed by atoms with Crippen molar-refractivity contribution < 1.29 is 34.5 Å². The Morgan fingerprint density at radius 1 is 0.362 bits per heavy atom. The third-order valence-corrected chi connectivity index (χ3v) is 36.5. The molecule has 11 heteroatoms. The van der Waals surface area contributed by atoms with Crippen LogP contribution in [0, 0.1) is 139 Å². The first-order valence-electron chi connectivity index (χ1n) is 44.1. The summed E-state index contributed by atoms with van der Waals surface area (Å²) < 4.78 is 10.2. The zero-order valence-electron chi connectivity index (χ0n) is 68.3. The number of hydrogen-bond acceptors (Lipinski definition) is 10. The van der Waals surface area contributed by atoms with E-state index in [0.717, 1.165) is 202 Å². The molecular formula is C94H150FN3O6S. The number of fused-ring (bicyclic) bond motifs is 15. The molecule has 105 heavy (non-hydrogen) atoms. The third-order valence-electron chi connectivity index (χ3n) is 36.5. The van der Waals surface area contributed by atoms with Crippen LogP contribution < -0.4 is 0 Å². The molecule has 3 heterocycles. The summed E-state index contributed by atoms with van der Waals surface area (Å²) in [6, 6.07) is 17.5. The van der Waals surface area contributed by atoms with Crippen LogP contribution in [0.15, 0.2) is 73.2 Å². The maximum atomic E-state index is 11.1. The molecular weight excluding hydrogens is 1320 g/mol. The number of aliphatic hydroxyl groups is 6. The van der Waals surface area contributed by atoms with Crippen molar-refractivity contribution in [1.29, 1.82) is 0 Å². The van der Waals surface area contributed by atoms with Crippen molar-refractivity contribution in [3.8, 4) is 0 Å². The lowest BCUT2D eigenvalue weighted by molar-refractivity contribution is -0.152. The van der Waals surface area contributed by atoms with Crippen molar-refractivity contribution in [3.63, 3.8) is 0 Å². The highest BCUT2D eigenvalue weighted by atomic mass is 32.2. The molecule has 0 aliphatic heterocycles. The summed E-state index contributed by atoms with van der Waals surface area (Å²) in [6.45, 7) is 29.7. The zero-order valence-corrected chi connectivity index (χ0v) is 69.1. The standard InChI is InChI=1S/3C31H49NO2.CH3FS/c3*1-5-31(34)18-17-29(3)22(20-31)10-11-23-25-13-12-24(30(25,4)16-15-26(23)29)21(2)9-14-28(33)27-8-6-7-19-32-27;1-3-2/h3*6-8,19,21-26,28,33-34H,5,9-18,20H2,1-4H3;1H3/t21-,22+,23+,24-,25+,26+,28?,29+,30-,31+;21-,22+,23+,24-,25+,26+,28+,29+,30-,31+;21-,22+,23+,24-,25+,26+,28-,29+,30-,31+;/m111./s1. The first-order chi connectivity index (χ1) is 50.0. The van der Waals surface area contributed by atoms with Gasteiger partial charge in [0, 0.05) is 37.0 Å². The Hall–Kier alpha value is -2.51. The third kappa shape index (κ3) is 16.1. The van der Waals surface area contributed by atoms with Gasteiger partial charge in [-0.3, -0.25) is 15.0 Å². The Labute approximate surface area is 642 Å². The molecule has 15 rings (SSSR count). The minimum Gasteiger partial charge on any atom is -0.390 e. The molecule has 0 amide bonds. The molecule has 12 fully saturated rings. The van der Waals surface area contributed by atoms with E-state index >= 15 is 0 Å². The van der Waals surface area contributed by atoms with Crippen LogP contribution in [0.3, 0.4) is 0 Å². The van der Waals surface area contributed by atoms with E-state index in [4.69, 9.17) is 0 Å². The zero-order chi connectivity index (χ0) is 75.1. The van der Waals surface area contributed by atoms with Gasteiger partial charge in [0.15, 0.2) is 0 Å². The van der Waals surface area contributed by atoms with E-state index in [1.54, 1.807) is 18.6 Å². The molecule has 12 aliphatic carbocycles. The molecule has 0 aromatic carbocycles. The monoisotopic (exact) mass is 1470 g/mol. The van der Waals surface area contributed by atoms with Crippen LogP contribution in [0.1, 0.15) is 350 Å². The van der Waals surface area contributed by atoms with Crippen LogP contribution in [0.2, 0.25) is 0 Å². The minimum atomic E-state index is -0.437. The maximum absolute atomic E-state index is 11.1. The van der Waals surface area contributed by atoms with Gasteiger partial charge in [-0.2, -0.15) is 3.89 Å². The van der Waals surface area contributed by atoms with Crippen molar-refractivity contribution in [2.75, 3.05) is 6.26 Å². The first-order valence-corrected chi connectivity index (χ1v) is 45.2. The largest absolute Gasteiger partial charge is 0.390 e. The predicted octanol–water partition coefficient (Wildman–Crippen LogP) is 23.2. The molecule has 12 aliphatic rings. The van der Waals surface area contributed by atoms with Crippen molar-refractivity contribution in [2.24, 2.45) is 139 Å². The van der Waals surface area contributed by atoms with Crippen molar-refractivity contribution >= 4 is 12.1 Å². The summed E-state index contributed by atoms with van der Waals surface area (Å²) in [5, 5.41) is 65.2. The second kappa shape index (κ2) is 33.3. The quantitative estimate of drug-likeness (QED) is 0.0724. The van der Waals surface area contributed by atoms with Gasteiger partial charge in [-0.05, 0) is 407 Å². The lowest BCUT2D eigenvalue weighted by atomic mass is 9.43. The average Bonchev–Trinajstić information content (AvgIpc) is 1.53. The molecule has 0 bridgehead atoms. The Balaban J connectivity index is 0.000000145. The van der Waals surface area contributed by atoms with E-state index in [1.807, 2.05) is 54.6 Å². The van der Waals surface area contributed by atoms with E-state index in [9.17, 15) is 34.5 Å². The number of nitrogens with zero attached hydrogens (tertiary/aromatic N) is 3. The first kappa shape index (κ1) is 82.0. The Morgan fingerprint density at radius 3 is 0.857 bits per heavy atom. The van der Waals surface area contributed by atoms with Gasteiger partial charge in [-0.25, -0.2) is 0 Å². The minimum absolute atomic E-state index is 0.250. The van der Waals surface area contributed by atoms with Crippen LogP contribution in [-0.2, 0) is 0 Å². The molecule has 30 atom stereocenters. The van der Waals surface area contributed by atoms with Crippen LogP contribution in [0.25, 0.3) is 0 Å². The SMILES string of the molecule is CC[C@]1(O)CC[C@@]2(C)[C@@H](CC[C@@H]3[C@@H]2CC[C@]2(C)[C@@H]([C@H](C)CCC(O)c4ccccn4)CC[C@@H]32)C1.CC[C@]1(O)CC[C@@]2(C)[C@@H](CC[C@@H]3[C@@H]2CC[C@]2(C)[C@@H]([C@H](C)CC[C@@H](O)c4ccccn4)CC[C@@H]32)C1.CC[C@]1(O)CC[C@@]2(C)[C@@H](CC[C@@H]3[C@@H]2CC[C@]2(C)[C@@H]([C@H](C)CC[C@H](O)c4ccccn4)CC[C@@H]32)C1.CSF.